The Labute approximate surface area is 90.8 Å². The van der Waals surface area contributed by atoms with E-state index >= 15 is 0 Å². The van der Waals surface area contributed by atoms with Gasteiger partial charge in [-0.1, -0.05) is 15.9 Å². The van der Waals surface area contributed by atoms with Crippen LogP contribution in [0.1, 0.15) is 5.56 Å². The first-order chi connectivity index (χ1) is 6.19. The molecule has 0 N–H and O–H groups in total. The van der Waals surface area contributed by atoms with Crippen molar-refractivity contribution in [2.45, 2.75) is 6.42 Å². The second-order valence-corrected chi connectivity index (χ2v) is 3.90. The zero-order valence-corrected chi connectivity index (χ0v) is 9.66. The third-order valence-electron chi connectivity index (χ3n) is 1.70. The van der Waals surface area contributed by atoms with Crippen molar-refractivity contribution in [3.63, 3.8) is 0 Å². The third-order valence-corrected chi connectivity index (χ3v) is 2.38. The lowest BCUT2D eigenvalue weighted by atomic mass is 10.1. The second kappa shape index (κ2) is 4.86. The van der Waals surface area contributed by atoms with Gasteiger partial charge in [-0.15, -0.1) is 0 Å². The molecular formula is C9H10BrFOS. The van der Waals surface area contributed by atoms with Gasteiger partial charge in [0.1, 0.15) is 11.6 Å². The minimum absolute atomic E-state index is 0.250. The van der Waals surface area contributed by atoms with E-state index in [4.69, 9.17) is 4.74 Å². The van der Waals surface area contributed by atoms with Crippen LogP contribution in [0.4, 0.5) is 4.39 Å². The maximum Gasteiger partial charge on any atom is 0.131 e. The largest absolute Gasteiger partial charge is 0.496 e. The molecule has 0 aliphatic carbocycles. The fourth-order valence-corrected chi connectivity index (χ4v) is 1.75. The second-order valence-electron chi connectivity index (χ2n) is 2.54. The van der Waals surface area contributed by atoms with E-state index in [0.29, 0.717) is 28.0 Å². The minimum Gasteiger partial charge on any atom is -0.496 e. The number of halogens is 2. The molecule has 1 aromatic rings. The van der Waals surface area contributed by atoms with Crippen LogP contribution < -0.4 is 4.74 Å². The van der Waals surface area contributed by atoms with Crippen LogP contribution in [-0.4, -0.2) is 12.9 Å². The quantitative estimate of drug-likeness (QED) is 0.826. The summed E-state index contributed by atoms with van der Waals surface area (Å²) in [6.45, 7) is 0. The summed E-state index contributed by atoms with van der Waals surface area (Å²) in [4.78, 5) is 0. The summed E-state index contributed by atoms with van der Waals surface area (Å²) in [5.41, 5.74) is 0.584. The molecule has 0 unspecified atom stereocenters. The van der Waals surface area contributed by atoms with Crippen LogP contribution in [0.15, 0.2) is 16.6 Å². The van der Waals surface area contributed by atoms with E-state index in [2.05, 4.69) is 28.6 Å². The molecule has 0 aliphatic heterocycles. The Morgan fingerprint density at radius 2 is 2.23 bits per heavy atom. The molecule has 0 aliphatic rings. The molecule has 0 saturated heterocycles. The summed E-state index contributed by atoms with van der Waals surface area (Å²) < 4.78 is 19.1. The summed E-state index contributed by atoms with van der Waals surface area (Å²) in [6, 6.07) is 3.18. The number of methoxy groups -OCH3 is 1. The molecule has 13 heavy (non-hydrogen) atoms. The molecule has 0 spiro atoms. The van der Waals surface area contributed by atoms with Crippen LogP contribution in [0.25, 0.3) is 0 Å². The number of ether oxygens (including phenoxy) is 1. The van der Waals surface area contributed by atoms with Crippen LogP contribution >= 0.6 is 28.6 Å². The van der Waals surface area contributed by atoms with Gasteiger partial charge in [0, 0.05) is 10.0 Å². The molecule has 4 heteroatoms. The Bertz CT molecular complexity index is 304. The van der Waals surface area contributed by atoms with Gasteiger partial charge in [0.25, 0.3) is 0 Å². The standard InChI is InChI=1S/C9H10BrFOS/c1-12-9-5-6(10)4-8(11)7(9)2-3-13/h4-5,13H,2-3H2,1H3. The molecule has 1 aromatic carbocycles. The molecule has 0 bridgehead atoms. The maximum atomic E-state index is 13.3. The number of rotatable bonds is 3. The van der Waals surface area contributed by atoms with Crippen LogP contribution in [0, 0.1) is 5.82 Å². The summed E-state index contributed by atoms with van der Waals surface area (Å²) in [5, 5.41) is 0. The Morgan fingerprint density at radius 1 is 1.54 bits per heavy atom. The number of hydrogen-bond donors (Lipinski definition) is 1. The lowest BCUT2D eigenvalue weighted by Crippen LogP contribution is -1.97. The van der Waals surface area contributed by atoms with Crippen molar-refractivity contribution in [3.05, 3.63) is 28.0 Å². The van der Waals surface area contributed by atoms with E-state index in [1.54, 1.807) is 6.07 Å². The van der Waals surface area contributed by atoms with Gasteiger partial charge >= 0.3 is 0 Å². The van der Waals surface area contributed by atoms with Gasteiger partial charge in [-0.2, -0.15) is 12.6 Å². The van der Waals surface area contributed by atoms with Gasteiger partial charge in [0.05, 0.1) is 7.11 Å². The Hall–Kier alpha value is -0.220. The first-order valence-electron chi connectivity index (χ1n) is 3.81. The summed E-state index contributed by atoms with van der Waals surface area (Å²) >= 11 is 7.26. The SMILES string of the molecule is COc1cc(Br)cc(F)c1CCS. The molecule has 0 heterocycles. The average Bonchev–Trinajstić information content (AvgIpc) is 2.09. The normalized spacial score (nSPS) is 10.2. The smallest absolute Gasteiger partial charge is 0.131 e. The van der Waals surface area contributed by atoms with Gasteiger partial charge in [-0.3, -0.25) is 0 Å². The number of hydrogen-bond acceptors (Lipinski definition) is 2. The van der Waals surface area contributed by atoms with E-state index in [1.807, 2.05) is 0 Å². The average molecular weight is 265 g/mol. The van der Waals surface area contributed by atoms with E-state index in [1.165, 1.54) is 13.2 Å². The molecule has 0 amide bonds. The summed E-state index contributed by atoms with van der Waals surface area (Å²) in [7, 11) is 1.53. The van der Waals surface area contributed by atoms with Gasteiger partial charge in [0.15, 0.2) is 0 Å². The molecule has 0 fully saturated rings. The predicted octanol–water partition coefficient (Wildman–Crippen LogP) is 3.07. The number of thiol groups is 1. The molecule has 0 aromatic heterocycles. The lowest BCUT2D eigenvalue weighted by Gasteiger charge is -2.08. The lowest BCUT2D eigenvalue weighted by molar-refractivity contribution is 0.405. The molecule has 0 atom stereocenters. The first-order valence-corrected chi connectivity index (χ1v) is 5.24. The van der Waals surface area contributed by atoms with Crippen molar-refractivity contribution in [2.24, 2.45) is 0 Å². The highest BCUT2D eigenvalue weighted by Crippen LogP contribution is 2.27. The van der Waals surface area contributed by atoms with E-state index in [-0.39, 0.29) is 5.82 Å². The van der Waals surface area contributed by atoms with Gasteiger partial charge < -0.3 is 4.74 Å². The molecule has 1 rings (SSSR count). The van der Waals surface area contributed by atoms with Crippen LogP contribution in [-0.2, 0) is 6.42 Å². The molecular weight excluding hydrogens is 255 g/mol. The van der Waals surface area contributed by atoms with Crippen molar-refractivity contribution < 1.29 is 9.13 Å². The zero-order valence-electron chi connectivity index (χ0n) is 7.18. The topological polar surface area (TPSA) is 9.23 Å². The highest BCUT2D eigenvalue weighted by Gasteiger charge is 2.09. The van der Waals surface area contributed by atoms with Crippen molar-refractivity contribution in [2.75, 3.05) is 12.9 Å². The van der Waals surface area contributed by atoms with Crippen LogP contribution in [0.2, 0.25) is 0 Å². The molecule has 1 nitrogen and oxygen atoms in total. The van der Waals surface area contributed by atoms with Gasteiger partial charge in [-0.25, -0.2) is 4.39 Å². The van der Waals surface area contributed by atoms with E-state index in [0.717, 1.165) is 0 Å². The van der Waals surface area contributed by atoms with Crippen molar-refractivity contribution >= 4 is 28.6 Å². The van der Waals surface area contributed by atoms with E-state index < -0.39 is 0 Å². The zero-order chi connectivity index (χ0) is 9.84. The molecule has 0 radical (unpaired) electrons. The van der Waals surface area contributed by atoms with Crippen molar-refractivity contribution in [1.82, 2.24) is 0 Å². The predicted molar refractivity (Wildman–Crippen MR) is 58.2 cm³/mol. The van der Waals surface area contributed by atoms with Crippen molar-refractivity contribution in [1.29, 1.82) is 0 Å². The monoisotopic (exact) mass is 264 g/mol. The fraction of sp³-hybridized carbons (Fsp3) is 0.333. The molecule has 72 valence electrons. The number of benzene rings is 1. The highest BCUT2D eigenvalue weighted by atomic mass is 79.9. The Morgan fingerprint density at radius 3 is 2.77 bits per heavy atom. The Kier molecular flexibility index (Phi) is 4.06. The van der Waals surface area contributed by atoms with Gasteiger partial charge in [-0.05, 0) is 24.3 Å². The van der Waals surface area contributed by atoms with Crippen LogP contribution in [0.3, 0.4) is 0 Å². The summed E-state index contributed by atoms with van der Waals surface area (Å²) in [5.74, 6) is 0.927. The first kappa shape index (κ1) is 10.9. The summed E-state index contributed by atoms with van der Waals surface area (Å²) in [6.07, 6.45) is 0.575. The molecule has 0 saturated carbocycles. The highest BCUT2D eigenvalue weighted by molar-refractivity contribution is 9.10. The maximum absolute atomic E-state index is 13.3. The Balaban J connectivity index is 3.13. The third kappa shape index (κ3) is 2.61. The van der Waals surface area contributed by atoms with Crippen molar-refractivity contribution in [3.8, 4) is 5.75 Å². The fourth-order valence-electron chi connectivity index (χ4n) is 1.12. The van der Waals surface area contributed by atoms with E-state index in [9.17, 15) is 4.39 Å². The minimum atomic E-state index is -0.250. The van der Waals surface area contributed by atoms with Gasteiger partial charge in [0.2, 0.25) is 0 Å². The van der Waals surface area contributed by atoms with Crippen LogP contribution in [0.5, 0.6) is 5.75 Å².